The summed E-state index contributed by atoms with van der Waals surface area (Å²) in [6.45, 7) is 1.65. The van der Waals surface area contributed by atoms with Crippen LogP contribution in [0.25, 0.3) is 5.69 Å². The topological polar surface area (TPSA) is 88.4 Å². The average Bonchev–Trinajstić information content (AvgIpc) is 3.19. The lowest BCUT2D eigenvalue weighted by Crippen LogP contribution is -2.34. The monoisotopic (exact) mass is 316 g/mol. The highest BCUT2D eigenvalue weighted by molar-refractivity contribution is 5.94. The third kappa shape index (κ3) is 3.35. The summed E-state index contributed by atoms with van der Waals surface area (Å²) in [5, 5.41) is 20.0. The van der Waals surface area contributed by atoms with Gasteiger partial charge in [0.15, 0.2) is 11.4 Å². The van der Waals surface area contributed by atoms with Crippen LogP contribution in [0, 0.1) is 5.92 Å². The molecule has 7 heteroatoms. The van der Waals surface area contributed by atoms with Crippen molar-refractivity contribution in [1.82, 2.24) is 20.4 Å². The van der Waals surface area contributed by atoms with Crippen LogP contribution in [-0.2, 0) is 0 Å². The van der Waals surface area contributed by atoms with Gasteiger partial charge in [-0.15, -0.1) is 0 Å². The molecule has 3 N–H and O–H groups in total. The van der Waals surface area contributed by atoms with Gasteiger partial charge in [-0.2, -0.15) is 5.10 Å². The van der Waals surface area contributed by atoms with Gasteiger partial charge >= 0.3 is 0 Å². The average molecular weight is 316 g/mol. The lowest BCUT2D eigenvalue weighted by Gasteiger charge is -2.13. The zero-order valence-electron chi connectivity index (χ0n) is 12.9. The molecule has 1 aliphatic rings. The van der Waals surface area contributed by atoms with Gasteiger partial charge in [-0.05, 0) is 12.1 Å². The van der Waals surface area contributed by atoms with Crippen LogP contribution in [-0.4, -0.2) is 53.6 Å². The summed E-state index contributed by atoms with van der Waals surface area (Å²) in [5.41, 5.74) is 1.08. The SMILES string of the molecule is COc1cn(-c2ccccc2)nc1C(=O)NCC1CNCC1O. The molecule has 0 aliphatic carbocycles. The van der Waals surface area contributed by atoms with E-state index >= 15 is 0 Å². The first-order valence-electron chi connectivity index (χ1n) is 7.55. The number of methoxy groups -OCH3 is 1. The molecule has 1 aromatic carbocycles. The van der Waals surface area contributed by atoms with Crippen LogP contribution in [0.3, 0.4) is 0 Å². The van der Waals surface area contributed by atoms with Gasteiger partial charge < -0.3 is 20.5 Å². The number of aromatic nitrogens is 2. The van der Waals surface area contributed by atoms with Crippen LogP contribution in [0.5, 0.6) is 5.75 Å². The van der Waals surface area contributed by atoms with Gasteiger partial charge in [-0.25, -0.2) is 4.68 Å². The Kier molecular flexibility index (Phi) is 4.59. The van der Waals surface area contributed by atoms with Gasteiger partial charge in [0.2, 0.25) is 0 Å². The van der Waals surface area contributed by atoms with Crippen molar-refractivity contribution in [3.05, 3.63) is 42.2 Å². The highest BCUT2D eigenvalue weighted by atomic mass is 16.5. The van der Waals surface area contributed by atoms with Crippen molar-refractivity contribution >= 4 is 5.91 Å². The minimum absolute atomic E-state index is 0.0150. The number of nitrogens with one attached hydrogen (secondary N) is 2. The predicted molar refractivity (Wildman–Crippen MR) is 84.8 cm³/mol. The Bertz CT molecular complexity index is 671. The Labute approximate surface area is 134 Å². The molecule has 2 aromatic rings. The fourth-order valence-electron chi connectivity index (χ4n) is 2.61. The summed E-state index contributed by atoms with van der Waals surface area (Å²) in [6.07, 6.45) is 1.25. The summed E-state index contributed by atoms with van der Waals surface area (Å²) < 4.78 is 6.87. The molecule has 0 spiro atoms. The Morgan fingerprint density at radius 1 is 1.43 bits per heavy atom. The van der Waals surface area contributed by atoms with E-state index in [0.29, 0.717) is 25.4 Å². The number of carbonyl (C=O) groups excluding carboxylic acids is 1. The molecular weight excluding hydrogens is 296 g/mol. The molecule has 0 radical (unpaired) electrons. The van der Waals surface area contributed by atoms with E-state index in [9.17, 15) is 9.90 Å². The molecule has 1 aromatic heterocycles. The third-order valence-corrected chi connectivity index (χ3v) is 3.97. The smallest absolute Gasteiger partial charge is 0.275 e. The second kappa shape index (κ2) is 6.80. The maximum atomic E-state index is 12.4. The van der Waals surface area contributed by atoms with E-state index in [1.54, 1.807) is 10.9 Å². The minimum atomic E-state index is -0.431. The van der Waals surface area contributed by atoms with Gasteiger partial charge in [0.1, 0.15) is 0 Å². The maximum Gasteiger partial charge on any atom is 0.275 e. The van der Waals surface area contributed by atoms with Gasteiger partial charge in [-0.3, -0.25) is 4.79 Å². The van der Waals surface area contributed by atoms with Crippen molar-refractivity contribution < 1.29 is 14.6 Å². The quantitative estimate of drug-likeness (QED) is 0.733. The summed E-state index contributed by atoms with van der Waals surface area (Å²) >= 11 is 0. The highest BCUT2D eigenvalue weighted by Crippen LogP contribution is 2.19. The largest absolute Gasteiger partial charge is 0.493 e. The fraction of sp³-hybridized carbons (Fsp3) is 0.375. The number of hydrogen-bond donors (Lipinski definition) is 3. The van der Waals surface area contributed by atoms with Crippen LogP contribution >= 0.6 is 0 Å². The first kappa shape index (κ1) is 15.5. The molecule has 1 aliphatic heterocycles. The van der Waals surface area contributed by atoms with Crippen molar-refractivity contribution in [2.24, 2.45) is 5.92 Å². The molecule has 2 unspecified atom stereocenters. The van der Waals surface area contributed by atoms with E-state index in [-0.39, 0.29) is 17.5 Å². The van der Waals surface area contributed by atoms with Crippen molar-refractivity contribution in [3.8, 4) is 11.4 Å². The van der Waals surface area contributed by atoms with Crippen LogP contribution in [0.15, 0.2) is 36.5 Å². The molecule has 7 nitrogen and oxygen atoms in total. The van der Waals surface area contributed by atoms with E-state index in [0.717, 1.165) is 5.69 Å². The highest BCUT2D eigenvalue weighted by Gasteiger charge is 2.26. The number of nitrogens with zero attached hydrogens (tertiary/aromatic N) is 2. The molecule has 122 valence electrons. The molecule has 1 amide bonds. The van der Waals surface area contributed by atoms with Gasteiger partial charge in [0.05, 0.1) is 25.1 Å². The number of para-hydroxylation sites is 1. The standard InChI is InChI=1S/C16H20N4O3/c1-23-14-10-20(12-5-3-2-4-6-12)19-15(14)16(22)18-8-11-7-17-9-13(11)21/h2-6,10-11,13,17,21H,7-9H2,1H3,(H,18,22). The first-order valence-corrected chi connectivity index (χ1v) is 7.55. The second-order valence-corrected chi connectivity index (χ2v) is 5.52. The molecule has 23 heavy (non-hydrogen) atoms. The minimum Gasteiger partial charge on any atom is -0.493 e. The molecule has 3 rings (SSSR count). The summed E-state index contributed by atoms with van der Waals surface area (Å²) in [5.74, 6) is 0.119. The van der Waals surface area contributed by atoms with E-state index in [4.69, 9.17) is 4.74 Å². The van der Waals surface area contributed by atoms with Gasteiger partial charge in [0.25, 0.3) is 5.91 Å². The van der Waals surface area contributed by atoms with Crippen LogP contribution in [0.2, 0.25) is 0 Å². The summed E-state index contributed by atoms with van der Waals surface area (Å²) in [4.78, 5) is 12.4. The molecule has 1 saturated heterocycles. The number of benzene rings is 1. The number of aliphatic hydroxyl groups is 1. The molecular formula is C16H20N4O3. The Hall–Kier alpha value is -2.38. The summed E-state index contributed by atoms with van der Waals surface area (Å²) in [7, 11) is 1.51. The number of β-amino-alcohol motifs (C(OH)–C–C–N with tert-alkyl or cyclic N) is 1. The Morgan fingerprint density at radius 2 is 2.22 bits per heavy atom. The van der Waals surface area contributed by atoms with E-state index in [2.05, 4.69) is 15.7 Å². The van der Waals surface area contributed by atoms with Crippen molar-refractivity contribution in [3.63, 3.8) is 0 Å². The predicted octanol–water partition coefficient (Wildman–Crippen LogP) is 0.191. The number of hydrogen-bond acceptors (Lipinski definition) is 5. The lowest BCUT2D eigenvalue weighted by molar-refractivity contribution is 0.0919. The van der Waals surface area contributed by atoms with E-state index in [1.807, 2.05) is 30.3 Å². The number of amides is 1. The Balaban J connectivity index is 1.73. The zero-order chi connectivity index (χ0) is 16.2. The third-order valence-electron chi connectivity index (χ3n) is 3.97. The number of aliphatic hydroxyl groups excluding tert-OH is 1. The number of carbonyl (C=O) groups is 1. The molecule has 1 fully saturated rings. The van der Waals surface area contributed by atoms with Crippen LogP contribution < -0.4 is 15.4 Å². The Morgan fingerprint density at radius 3 is 2.87 bits per heavy atom. The number of rotatable bonds is 5. The lowest BCUT2D eigenvalue weighted by atomic mass is 10.1. The van der Waals surface area contributed by atoms with Crippen molar-refractivity contribution in [2.45, 2.75) is 6.10 Å². The maximum absolute atomic E-state index is 12.4. The zero-order valence-corrected chi connectivity index (χ0v) is 12.9. The van der Waals surface area contributed by atoms with Gasteiger partial charge in [0, 0.05) is 25.6 Å². The molecule has 2 heterocycles. The van der Waals surface area contributed by atoms with Crippen molar-refractivity contribution in [2.75, 3.05) is 26.7 Å². The first-order chi connectivity index (χ1) is 11.2. The molecule has 2 atom stereocenters. The van der Waals surface area contributed by atoms with E-state index < -0.39 is 6.10 Å². The molecule has 0 bridgehead atoms. The van der Waals surface area contributed by atoms with Crippen LogP contribution in [0.4, 0.5) is 0 Å². The number of ether oxygens (including phenoxy) is 1. The van der Waals surface area contributed by atoms with Gasteiger partial charge in [-0.1, -0.05) is 18.2 Å². The van der Waals surface area contributed by atoms with E-state index in [1.165, 1.54) is 7.11 Å². The second-order valence-electron chi connectivity index (χ2n) is 5.52. The fourth-order valence-corrected chi connectivity index (χ4v) is 2.61. The summed E-state index contributed by atoms with van der Waals surface area (Å²) in [6, 6.07) is 9.51. The van der Waals surface area contributed by atoms with Crippen molar-refractivity contribution in [1.29, 1.82) is 0 Å². The van der Waals surface area contributed by atoms with Crippen LogP contribution in [0.1, 0.15) is 10.5 Å². The molecule has 0 saturated carbocycles. The normalized spacial score (nSPS) is 20.4.